The Morgan fingerprint density at radius 1 is 0.938 bits per heavy atom. The first-order chi connectivity index (χ1) is 15.5. The van der Waals surface area contributed by atoms with Crippen LogP contribution in [0.4, 0.5) is 5.69 Å². The van der Waals surface area contributed by atoms with Crippen LogP contribution < -0.4 is 10.6 Å². The van der Waals surface area contributed by atoms with Crippen LogP contribution in [0, 0.1) is 6.92 Å². The largest absolute Gasteiger partial charge is 0.345 e. The molecule has 0 aliphatic heterocycles. The Balaban J connectivity index is 1.52. The molecule has 4 rings (SSSR count). The van der Waals surface area contributed by atoms with Crippen molar-refractivity contribution < 1.29 is 9.59 Å². The minimum atomic E-state index is -0.165. The van der Waals surface area contributed by atoms with Gasteiger partial charge in [0, 0.05) is 11.3 Å². The number of fused-ring (bicyclic) bond motifs is 1. The topological polar surface area (TPSA) is 76.0 Å². The second-order valence-electron chi connectivity index (χ2n) is 7.70. The van der Waals surface area contributed by atoms with E-state index >= 15 is 0 Å². The molecule has 0 radical (unpaired) electrons. The van der Waals surface area contributed by atoms with Crippen LogP contribution in [-0.4, -0.2) is 21.4 Å². The van der Waals surface area contributed by atoms with Gasteiger partial charge in [0.2, 0.25) is 5.91 Å². The average Bonchev–Trinajstić information content (AvgIpc) is 3.15. The van der Waals surface area contributed by atoms with Gasteiger partial charge in [-0.3, -0.25) is 9.59 Å². The van der Waals surface area contributed by atoms with Crippen LogP contribution in [0.2, 0.25) is 0 Å². The number of rotatable bonds is 7. The van der Waals surface area contributed by atoms with Gasteiger partial charge in [-0.25, -0.2) is 4.98 Å². The van der Waals surface area contributed by atoms with E-state index in [9.17, 15) is 9.59 Å². The van der Waals surface area contributed by atoms with Crippen molar-refractivity contribution in [3.05, 3.63) is 95.3 Å². The summed E-state index contributed by atoms with van der Waals surface area (Å²) in [6.45, 7) is 4.32. The van der Waals surface area contributed by atoms with Crippen molar-refractivity contribution >= 4 is 28.5 Å². The lowest BCUT2D eigenvalue weighted by molar-refractivity contribution is -0.116. The molecule has 162 valence electrons. The van der Waals surface area contributed by atoms with Crippen molar-refractivity contribution in [3.8, 4) is 0 Å². The van der Waals surface area contributed by atoms with Gasteiger partial charge < -0.3 is 15.2 Å². The molecule has 0 fully saturated rings. The molecule has 2 amide bonds. The van der Waals surface area contributed by atoms with Crippen LogP contribution in [0.15, 0.2) is 72.8 Å². The molecular weight excluding hydrogens is 400 g/mol. The Kier molecular flexibility index (Phi) is 6.31. The lowest BCUT2D eigenvalue weighted by Crippen LogP contribution is -2.27. The first kappa shape index (κ1) is 21.3. The third-order valence-electron chi connectivity index (χ3n) is 5.48. The number of amides is 2. The van der Waals surface area contributed by atoms with Crippen molar-refractivity contribution in [2.75, 3.05) is 5.32 Å². The highest BCUT2D eigenvalue weighted by molar-refractivity contribution is 5.95. The number of hydrogen-bond donors (Lipinski definition) is 2. The standard InChI is InChI=1S/C26H26N4O2/c1-3-19-12-14-20(15-13-19)28-25(31)17-30-23-11-7-6-10-22(23)29-24(30)16-27-26(32)21-9-5-4-8-18(21)2/h4-15H,3,16-17H2,1-2H3,(H,27,32)(H,28,31). The monoisotopic (exact) mass is 426 g/mol. The van der Waals surface area contributed by atoms with Gasteiger partial charge in [-0.05, 0) is 54.8 Å². The number of nitrogens with one attached hydrogen (secondary N) is 2. The van der Waals surface area contributed by atoms with Crippen molar-refractivity contribution in [3.63, 3.8) is 0 Å². The molecule has 0 atom stereocenters. The molecule has 0 unspecified atom stereocenters. The van der Waals surface area contributed by atoms with Crippen molar-refractivity contribution in [1.82, 2.24) is 14.9 Å². The zero-order valence-corrected chi connectivity index (χ0v) is 18.3. The Morgan fingerprint density at radius 3 is 2.41 bits per heavy atom. The molecule has 4 aromatic rings. The quantitative estimate of drug-likeness (QED) is 0.458. The van der Waals surface area contributed by atoms with Gasteiger partial charge >= 0.3 is 0 Å². The number of nitrogens with zero attached hydrogens (tertiary/aromatic N) is 2. The Labute approximate surface area is 187 Å². The summed E-state index contributed by atoms with van der Waals surface area (Å²) in [4.78, 5) is 30.1. The van der Waals surface area contributed by atoms with Gasteiger partial charge in [-0.15, -0.1) is 0 Å². The fourth-order valence-corrected chi connectivity index (χ4v) is 3.69. The summed E-state index contributed by atoms with van der Waals surface area (Å²) >= 11 is 0. The maximum atomic E-state index is 12.8. The predicted molar refractivity (Wildman–Crippen MR) is 127 cm³/mol. The van der Waals surface area contributed by atoms with Gasteiger partial charge in [0.15, 0.2) is 0 Å². The minimum absolute atomic E-state index is 0.103. The number of aromatic nitrogens is 2. The van der Waals surface area contributed by atoms with E-state index < -0.39 is 0 Å². The predicted octanol–water partition coefficient (Wildman–Crippen LogP) is 4.48. The number of para-hydroxylation sites is 2. The molecule has 0 bridgehead atoms. The number of imidazole rings is 1. The molecule has 6 nitrogen and oxygen atoms in total. The Morgan fingerprint density at radius 2 is 1.66 bits per heavy atom. The van der Waals surface area contributed by atoms with Crippen molar-refractivity contribution in [2.24, 2.45) is 0 Å². The summed E-state index contributed by atoms with van der Waals surface area (Å²) in [5.41, 5.74) is 5.15. The van der Waals surface area contributed by atoms with E-state index in [1.165, 1.54) is 5.56 Å². The van der Waals surface area contributed by atoms with E-state index in [2.05, 4.69) is 22.5 Å². The Hall–Kier alpha value is -3.93. The summed E-state index contributed by atoms with van der Waals surface area (Å²) in [6.07, 6.45) is 0.951. The number of benzene rings is 3. The lowest BCUT2D eigenvalue weighted by Gasteiger charge is -2.12. The first-order valence-corrected chi connectivity index (χ1v) is 10.7. The van der Waals surface area contributed by atoms with Gasteiger partial charge in [0.1, 0.15) is 12.4 Å². The van der Waals surface area contributed by atoms with Crippen LogP contribution in [0.25, 0.3) is 11.0 Å². The summed E-state index contributed by atoms with van der Waals surface area (Å²) in [7, 11) is 0. The zero-order valence-electron chi connectivity index (χ0n) is 18.3. The summed E-state index contributed by atoms with van der Waals surface area (Å²) in [5, 5.41) is 5.89. The molecule has 3 aromatic carbocycles. The third kappa shape index (κ3) is 4.70. The molecule has 0 aliphatic carbocycles. The summed E-state index contributed by atoms with van der Waals surface area (Å²) < 4.78 is 1.85. The van der Waals surface area contributed by atoms with Crippen LogP contribution in [0.1, 0.15) is 34.2 Å². The minimum Gasteiger partial charge on any atom is -0.345 e. The van der Waals surface area contributed by atoms with E-state index in [4.69, 9.17) is 0 Å². The van der Waals surface area contributed by atoms with Gasteiger partial charge in [-0.1, -0.05) is 49.4 Å². The molecule has 0 saturated heterocycles. The van der Waals surface area contributed by atoms with Crippen molar-refractivity contribution in [2.45, 2.75) is 33.4 Å². The SMILES string of the molecule is CCc1ccc(NC(=O)Cn2c(CNC(=O)c3ccccc3C)nc3ccccc32)cc1. The molecule has 0 aliphatic rings. The van der Waals surface area contributed by atoms with E-state index in [-0.39, 0.29) is 24.9 Å². The van der Waals surface area contributed by atoms with Crippen LogP contribution in [0.3, 0.4) is 0 Å². The zero-order chi connectivity index (χ0) is 22.5. The number of carbonyl (C=O) groups excluding carboxylic acids is 2. The van der Waals surface area contributed by atoms with Crippen LogP contribution in [-0.2, 0) is 24.3 Å². The summed E-state index contributed by atoms with van der Waals surface area (Å²) in [5.74, 6) is 0.315. The molecule has 0 saturated carbocycles. The smallest absolute Gasteiger partial charge is 0.251 e. The lowest BCUT2D eigenvalue weighted by atomic mass is 10.1. The third-order valence-corrected chi connectivity index (χ3v) is 5.48. The molecule has 1 heterocycles. The van der Waals surface area contributed by atoms with Crippen LogP contribution in [0.5, 0.6) is 0 Å². The van der Waals surface area contributed by atoms with Crippen molar-refractivity contribution in [1.29, 1.82) is 0 Å². The van der Waals surface area contributed by atoms with Gasteiger partial charge in [0.05, 0.1) is 17.6 Å². The molecule has 1 aromatic heterocycles. The summed E-state index contributed by atoms with van der Waals surface area (Å²) in [6, 6.07) is 22.9. The normalized spacial score (nSPS) is 10.8. The Bertz CT molecular complexity index is 1260. The molecule has 0 spiro atoms. The highest BCUT2D eigenvalue weighted by Gasteiger charge is 2.15. The fourth-order valence-electron chi connectivity index (χ4n) is 3.69. The highest BCUT2D eigenvalue weighted by Crippen LogP contribution is 2.17. The second-order valence-corrected chi connectivity index (χ2v) is 7.70. The maximum absolute atomic E-state index is 12.8. The second kappa shape index (κ2) is 9.47. The van der Waals surface area contributed by atoms with Gasteiger partial charge in [0.25, 0.3) is 5.91 Å². The van der Waals surface area contributed by atoms with E-state index in [1.54, 1.807) is 6.07 Å². The molecular formula is C26H26N4O2. The molecule has 6 heteroatoms. The maximum Gasteiger partial charge on any atom is 0.251 e. The van der Waals surface area contributed by atoms with Gasteiger partial charge in [-0.2, -0.15) is 0 Å². The van der Waals surface area contributed by atoms with E-state index in [1.807, 2.05) is 78.2 Å². The number of carbonyl (C=O) groups is 2. The number of hydrogen-bond acceptors (Lipinski definition) is 3. The molecule has 32 heavy (non-hydrogen) atoms. The van der Waals surface area contributed by atoms with E-state index in [0.29, 0.717) is 11.4 Å². The average molecular weight is 427 g/mol. The molecule has 2 N–H and O–H groups in total. The first-order valence-electron chi connectivity index (χ1n) is 10.7. The highest BCUT2D eigenvalue weighted by atomic mass is 16.2. The number of anilines is 1. The van der Waals surface area contributed by atoms with E-state index in [0.717, 1.165) is 28.7 Å². The fraction of sp³-hybridized carbons (Fsp3) is 0.192. The van der Waals surface area contributed by atoms with Crippen LogP contribution >= 0.6 is 0 Å². The number of aryl methyl sites for hydroxylation is 2.